The Kier molecular flexibility index (Phi) is 3.13. The first kappa shape index (κ1) is 12.5. The number of ether oxygens (including phenoxy) is 1. The first-order valence-electron chi connectivity index (χ1n) is 6.81. The fourth-order valence-electron chi connectivity index (χ4n) is 3.84. The first-order chi connectivity index (χ1) is 8.59. The van der Waals surface area contributed by atoms with Gasteiger partial charge in [-0.3, -0.25) is 4.98 Å². The van der Waals surface area contributed by atoms with Crippen molar-refractivity contribution in [3.8, 4) is 5.75 Å². The summed E-state index contributed by atoms with van der Waals surface area (Å²) in [6.07, 6.45) is 7.71. The van der Waals surface area contributed by atoms with Crippen LogP contribution in [0.25, 0.3) is 0 Å². The van der Waals surface area contributed by atoms with Crippen molar-refractivity contribution in [3.05, 3.63) is 22.9 Å². The molecule has 3 aliphatic rings. The molecule has 1 aromatic rings. The number of rotatable bonds is 3. The molecule has 0 amide bonds. The van der Waals surface area contributed by atoms with Crippen molar-refractivity contribution >= 4 is 15.9 Å². The van der Waals surface area contributed by atoms with E-state index >= 15 is 0 Å². The number of fused-ring (bicyclic) bond motifs is 2. The van der Waals surface area contributed by atoms with Crippen molar-refractivity contribution in [1.82, 2.24) is 4.98 Å². The molecule has 1 heterocycles. The molecule has 3 aliphatic carbocycles. The van der Waals surface area contributed by atoms with Crippen LogP contribution in [-0.4, -0.2) is 11.6 Å². The maximum absolute atomic E-state index is 5.98. The van der Waals surface area contributed by atoms with E-state index in [1.807, 2.05) is 6.07 Å². The van der Waals surface area contributed by atoms with Crippen molar-refractivity contribution < 1.29 is 4.74 Å². The van der Waals surface area contributed by atoms with E-state index in [0.717, 1.165) is 34.6 Å². The van der Waals surface area contributed by atoms with Crippen LogP contribution in [0, 0.1) is 23.2 Å². The molecule has 3 saturated carbocycles. The Hall–Kier alpha value is -0.570. The zero-order chi connectivity index (χ0) is 12.8. The summed E-state index contributed by atoms with van der Waals surface area (Å²) in [5.74, 6) is 3.47. The highest BCUT2D eigenvalue weighted by molar-refractivity contribution is 9.10. The summed E-state index contributed by atoms with van der Waals surface area (Å²) in [7, 11) is 0. The summed E-state index contributed by atoms with van der Waals surface area (Å²) in [5, 5.41) is 0. The van der Waals surface area contributed by atoms with E-state index in [0.29, 0.717) is 5.41 Å². The van der Waals surface area contributed by atoms with Crippen LogP contribution in [-0.2, 0) is 0 Å². The maximum Gasteiger partial charge on any atom is 0.136 e. The highest BCUT2D eigenvalue weighted by atomic mass is 79.9. The zero-order valence-electron chi connectivity index (χ0n) is 11.0. The van der Waals surface area contributed by atoms with Crippen LogP contribution in [0.5, 0.6) is 5.75 Å². The van der Waals surface area contributed by atoms with Crippen molar-refractivity contribution in [1.29, 1.82) is 0 Å². The van der Waals surface area contributed by atoms with Gasteiger partial charge in [0.2, 0.25) is 0 Å². The summed E-state index contributed by atoms with van der Waals surface area (Å²) in [6.45, 7) is 5.71. The second-order valence-corrected chi connectivity index (χ2v) is 7.17. The Labute approximate surface area is 117 Å². The number of nitrogens with zero attached hydrogens (tertiary/aromatic N) is 1. The van der Waals surface area contributed by atoms with Gasteiger partial charge in [-0.1, -0.05) is 13.8 Å². The molecule has 1 aromatic heterocycles. The van der Waals surface area contributed by atoms with Gasteiger partial charge in [-0.05, 0) is 64.4 Å². The Morgan fingerprint density at radius 3 is 2.94 bits per heavy atom. The van der Waals surface area contributed by atoms with Crippen molar-refractivity contribution in [2.24, 2.45) is 23.2 Å². The van der Waals surface area contributed by atoms with Crippen molar-refractivity contribution in [2.75, 3.05) is 6.61 Å². The molecule has 0 spiro atoms. The van der Waals surface area contributed by atoms with Gasteiger partial charge in [-0.25, -0.2) is 0 Å². The van der Waals surface area contributed by atoms with E-state index in [1.54, 1.807) is 12.4 Å². The second-order valence-electron chi connectivity index (χ2n) is 6.32. The number of hydrogen-bond donors (Lipinski definition) is 0. The van der Waals surface area contributed by atoms with Crippen LogP contribution in [0.2, 0.25) is 0 Å². The highest BCUT2D eigenvalue weighted by Crippen LogP contribution is 2.61. The van der Waals surface area contributed by atoms with Gasteiger partial charge in [0.05, 0.1) is 11.1 Å². The predicted octanol–water partition coefficient (Wildman–Crippen LogP) is 4.30. The highest BCUT2D eigenvalue weighted by Gasteiger charge is 2.54. The lowest BCUT2D eigenvalue weighted by atomic mass is 9.46. The topological polar surface area (TPSA) is 22.1 Å². The summed E-state index contributed by atoms with van der Waals surface area (Å²) < 4.78 is 6.93. The Morgan fingerprint density at radius 1 is 1.44 bits per heavy atom. The largest absolute Gasteiger partial charge is 0.492 e. The van der Waals surface area contributed by atoms with Gasteiger partial charge < -0.3 is 4.74 Å². The van der Waals surface area contributed by atoms with E-state index < -0.39 is 0 Å². The van der Waals surface area contributed by atoms with E-state index in [2.05, 4.69) is 34.8 Å². The van der Waals surface area contributed by atoms with Gasteiger partial charge in [0.15, 0.2) is 0 Å². The minimum absolute atomic E-state index is 0.543. The number of halogens is 1. The molecule has 0 aliphatic heterocycles. The van der Waals surface area contributed by atoms with Gasteiger partial charge in [-0.2, -0.15) is 0 Å². The van der Waals surface area contributed by atoms with E-state index in [-0.39, 0.29) is 0 Å². The molecule has 3 atom stereocenters. The summed E-state index contributed by atoms with van der Waals surface area (Å²) in [4.78, 5) is 4.06. The van der Waals surface area contributed by atoms with Crippen LogP contribution in [0.1, 0.15) is 33.1 Å². The lowest BCUT2D eigenvalue weighted by Crippen LogP contribution is -2.53. The number of aromatic nitrogens is 1. The Morgan fingerprint density at radius 2 is 2.28 bits per heavy atom. The molecule has 2 bridgehead atoms. The van der Waals surface area contributed by atoms with Crippen LogP contribution >= 0.6 is 15.9 Å². The van der Waals surface area contributed by atoms with E-state index in [1.165, 1.54) is 19.3 Å². The van der Waals surface area contributed by atoms with Gasteiger partial charge in [-0.15, -0.1) is 0 Å². The maximum atomic E-state index is 5.98. The molecule has 2 nitrogen and oxygen atoms in total. The molecular formula is C15H20BrNO. The average Bonchev–Trinajstić information content (AvgIpc) is 2.38. The molecular weight excluding hydrogens is 290 g/mol. The normalized spacial score (nSPS) is 32.7. The lowest BCUT2D eigenvalue weighted by molar-refractivity contribution is -0.114. The number of pyridine rings is 1. The average molecular weight is 310 g/mol. The minimum Gasteiger partial charge on any atom is -0.492 e. The molecule has 4 rings (SSSR count). The van der Waals surface area contributed by atoms with Gasteiger partial charge in [0.25, 0.3) is 0 Å². The molecule has 3 heteroatoms. The monoisotopic (exact) mass is 309 g/mol. The zero-order valence-corrected chi connectivity index (χ0v) is 12.6. The first-order valence-corrected chi connectivity index (χ1v) is 7.60. The SMILES string of the molecule is CC1(C)[C@H]2CC[C@H](COc3ccncc3Br)[C@@H]1C2. The number of hydrogen-bond acceptors (Lipinski definition) is 2. The third kappa shape index (κ3) is 1.97. The third-order valence-electron chi connectivity index (χ3n) is 5.19. The summed E-state index contributed by atoms with van der Waals surface area (Å²) in [6, 6.07) is 1.93. The van der Waals surface area contributed by atoms with Crippen molar-refractivity contribution in [2.45, 2.75) is 33.1 Å². The summed E-state index contributed by atoms with van der Waals surface area (Å²) in [5.41, 5.74) is 0.543. The molecule has 0 unspecified atom stereocenters. The predicted molar refractivity (Wildman–Crippen MR) is 75.5 cm³/mol. The van der Waals surface area contributed by atoms with E-state index in [4.69, 9.17) is 4.74 Å². The smallest absolute Gasteiger partial charge is 0.136 e. The second kappa shape index (κ2) is 4.52. The molecule has 0 N–H and O–H groups in total. The Bertz CT molecular complexity index is 444. The van der Waals surface area contributed by atoms with Crippen molar-refractivity contribution in [3.63, 3.8) is 0 Å². The molecule has 3 fully saturated rings. The fourth-order valence-corrected chi connectivity index (χ4v) is 4.20. The molecule has 0 radical (unpaired) electrons. The van der Waals surface area contributed by atoms with Crippen LogP contribution in [0.4, 0.5) is 0 Å². The van der Waals surface area contributed by atoms with Crippen LogP contribution < -0.4 is 4.74 Å². The molecule has 18 heavy (non-hydrogen) atoms. The Balaban J connectivity index is 1.63. The molecule has 0 aromatic carbocycles. The van der Waals surface area contributed by atoms with Crippen LogP contribution in [0.3, 0.4) is 0 Å². The molecule has 98 valence electrons. The standard InChI is InChI=1S/C15H20BrNO/c1-15(2)11-4-3-10(12(15)7-11)9-18-14-5-6-17-8-13(14)16/h5-6,8,10-12H,3-4,7,9H2,1-2H3/t10-,11+,12+/m1/s1. The van der Waals surface area contributed by atoms with Gasteiger partial charge in [0.1, 0.15) is 5.75 Å². The van der Waals surface area contributed by atoms with Gasteiger partial charge in [0, 0.05) is 12.4 Å². The summed E-state index contributed by atoms with van der Waals surface area (Å²) >= 11 is 3.48. The minimum atomic E-state index is 0.543. The van der Waals surface area contributed by atoms with E-state index in [9.17, 15) is 0 Å². The fraction of sp³-hybridized carbons (Fsp3) is 0.667. The molecule has 0 saturated heterocycles. The van der Waals surface area contributed by atoms with Crippen LogP contribution in [0.15, 0.2) is 22.9 Å². The quantitative estimate of drug-likeness (QED) is 0.830. The lowest BCUT2D eigenvalue weighted by Gasteiger charge is -2.60. The van der Waals surface area contributed by atoms with Gasteiger partial charge >= 0.3 is 0 Å². The third-order valence-corrected chi connectivity index (χ3v) is 5.78.